The summed E-state index contributed by atoms with van der Waals surface area (Å²) in [6, 6.07) is 23.8. The first-order valence-electron chi connectivity index (χ1n) is 10.8. The maximum absolute atomic E-state index is 13.0. The lowest BCUT2D eigenvalue weighted by Crippen LogP contribution is -2.24. The molecule has 0 spiro atoms. The maximum atomic E-state index is 13.0. The van der Waals surface area contributed by atoms with Crippen LogP contribution in [0, 0.1) is 0 Å². The van der Waals surface area contributed by atoms with E-state index in [1.54, 1.807) is 17.0 Å². The van der Waals surface area contributed by atoms with Crippen molar-refractivity contribution in [1.82, 2.24) is 0 Å². The van der Waals surface area contributed by atoms with E-state index in [0.717, 1.165) is 42.9 Å². The quantitative estimate of drug-likeness (QED) is 0.666. The van der Waals surface area contributed by atoms with Gasteiger partial charge in [-0.15, -0.1) is 0 Å². The SMILES string of the molecule is O=C(Nc1ccccc1CN1CCc2ccccc21)c1cccc(N2CCCC2=O)c1. The van der Waals surface area contributed by atoms with Crippen molar-refractivity contribution in [3.8, 4) is 0 Å². The zero-order valence-corrected chi connectivity index (χ0v) is 17.4. The number of carbonyl (C=O) groups excluding carboxylic acids is 2. The number of benzene rings is 3. The zero-order chi connectivity index (χ0) is 21.2. The highest BCUT2D eigenvalue weighted by Crippen LogP contribution is 2.30. The number of hydrogen-bond acceptors (Lipinski definition) is 3. The monoisotopic (exact) mass is 411 g/mol. The van der Waals surface area contributed by atoms with Gasteiger partial charge in [0.25, 0.3) is 5.91 Å². The van der Waals surface area contributed by atoms with Crippen molar-refractivity contribution in [1.29, 1.82) is 0 Å². The summed E-state index contributed by atoms with van der Waals surface area (Å²) in [4.78, 5) is 29.2. The third-order valence-electron chi connectivity index (χ3n) is 6.10. The highest BCUT2D eigenvalue weighted by atomic mass is 16.2. The predicted molar refractivity (Wildman–Crippen MR) is 124 cm³/mol. The minimum atomic E-state index is -0.164. The standard InChI is InChI=1S/C26H25N3O2/c30-25-13-6-15-29(25)22-10-5-9-20(17-22)26(31)27-23-11-3-1-8-21(23)18-28-16-14-19-7-2-4-12-24(19)28/h1-5,7-12,17H,6,13-16,18H2,(H,27,31). The lowest BCUT2D eigenvalue weighted by Gasteiger charge is -2.21. The number of anilines is 3. The van der Waals surface area contributed by atoms with E-state index in [9.17, 15) is 9.59 Å². The Kier molecular flexibility index (Phi) is 5.16. The van der Waals surface area contributed by atoms with Crippen LogP contribution in [0.4, 0.5) is 17.1 Å². The van der Waals surface area contributed by atoms with Gasteiger partial charge >= 0.3 is 0 Å². The summed E-state index contributed by atoms with van der Waals surface area (Å²) >= 11 is 0. The molecule has 5 nitrogen and oxygen atoms in total. The zero-order valence-electron chi connectivity index (χ0n) is 17.4. The van der Waals surface area contributed by atoms with Gasteiger partial charge in [0, 0.05) is 48.7 Å². The van der Waals surface area contributed by atoms with Crippen LogP contribution in [0.3, 0.4) is 0 Å². The Labute approximate surface area is 182 Å². The molecule has 31 heavy (non-hydrogen) atoms. The molecule has 156 valence electrons. The summed E-state index contributed by atoms with van der Waals surface area (Å²) < 4.78 is 0. The Hall–Kier alpha value is -3.60. The normalized spacial score (nSPS) is 15.3. The Morgan fingerprint density at radius 2 is 1.74 bits per heavy atom. The molecule has 0 atom stereocenters. The molecule has 0 aromatic heterocycles. The van der Waals surface area contributed by atoms with Crippen molar-refractivity contribution < 1.29 is 9.59 Å². The van der Waals surface area contributed by atoms with E-state index >= 15 is 0 Å². The highest BCUT2D eigenvalue weighted by molar-refractivity contribution is 6.06. The molecule has 2 aliphatic heterocycles. The summed E-state index contributed by atoms with van der Waals surface area (Å²) in [7, 11) is 0. The molecular formula is C26H25N3O2. The number of rotatable bonds is 5. The van der Waals surface area contributed by atoms with E-state index in [1.807, 2.05) is 30.3 Å². The van der Waals surface area contributed by atoms with E-state index < -0.39 is 0 Å². The fourth-order valence-corrected chi connectivity index (χ4v) is 4.49. The van der Waals surface area contributed by atoms with Gasteiger partial charge in [-0.25, -0.2) is 0 Å². The van der Waals surface area contributed by atoms with Gasteiger partial charge < -0.3 is 15.1 Å². The van der Waals surface area contributed by atoms with Gasteiger partial charge in [-0.1, -0.05) is 42.5 Å². The van der Waals surface area contributed by atoms with E-state index in [1.165, 1.54) is 11.3 Å². The van der Waals surface area contributed by atoms with Gasteiger partial charge in [-0.2, -0.15) is 0 Å². The van der Waals surface area contributed by atoms with Crippen molar-refractivity contribution in [2.24, 2.45) is 0 Å². The van der Waals surface area contributed by atoms with Crippen molar-refractivity contribution >= 4 is 28.9 Å². The molecule has 2 heterocycles. The summed E-state index contributed by atoms with van der Waals surface area (Å²) in [6.45, 7) is 2.44. The molecule has 2 amide bonds. The van der Waals surface area contributed by atoms with Crippen LogP contribution >= 0.6 is 0 Å². The van der Waals surface area contributed by atoms with Gasteiger partial charge in [0.1, 0.15) is 0 Å². The van der Waals surface area contributed by atoms with Gasteiger partial charge in [0.05, 0.1) is 0 Å². The predicted octanol–water partition coefficient (Wildman–Crippen LogP) is 4.63. The van der Waals surface area contributed by atoms with Crippen LogP contribution in [0.1, 0.15) is 34.3 Å². The van der Waals surface area contributed by atoms with Crippen LogP contribution in [-0.2, 0) is 17.8 Å². The van der Waals surface area contributed by atoms with Gasteiger partial charge in [0.2, 0.25) is 5.91 Å². The molecule has 1 saturated heterocycles. The van der Waals surface area contributed by atoms with Crippen LogP contribution in [0.2, 0.25) is 0 Å². The first-order valence-corrected chi connectivity index (χ1v) is 10.8. The molecule has 0 bridgehead atoms. The summed E-state index contributed by atoms with van der Waals surface area (Å²) in [5, 5.41) is 3.08. The van der Waals surface area contributed by atoms with Gasteiger partial charge in [0.15, 0.2) is 0 Å². The Morgan fingerprint density at radius 3 is 2.61 bits per heavy atom. The van der Waals surface area contributed by atoms with Crippen LogP contribution in [-0.4, -0.2) is 24.9 Å². The third-order valence-corrected chi connectivity index (χ3v) is 6.10. The number of nitrogens with zero attached hydrogens (tertiary/aromatic N) is 2. The van der Waals surface area contributed by atoms with Crippen LogP contribution < -0.4 is 15.1 Å². The Morgan fingerprint density at radius 1 is 0.903 bits per heavy atom. The highest BCUT2D eigenvalue weighted by Gasteiger charge is 2.23. The second kappa shape index (κ2) is 8.26. The summed E-state index contributed by atoms with van der Waals surface area (Å²) in [6.07, 6.45) is 2.48. The molecular weight excluding hydrogens is 386 g/mol. The van der Waals surface area contributed by atoms with Gasteiger partial charge in [-0.3, -0.25) is 9.59 Å². The van der Waals surface area contributed by atoms with Crippen LogP contribution in [0.5, 0.6) is 0 Å². The second-order valence-electron chi connectivity index (χ2n) is 8.11. The number of nitrogens with one attached hydrogen (secondary N) is 1. The minimum absolute atomic E-state index is 0.119. The Bertz CT molecular complexity index is 1140. The largest absolute Gasteiger partial charge is 0.367 e. The molecule has 1 fully saturated rings. The van der Waals surface area contributed by atoms with Crippen LogP contribution in [0.25, 0.3) is 0 Å². The first kappa shape index (κ1) is 19.4. The minimum Gasteiger partial charge on any atom is -0.367 e. The average Bonchev–Trinajstić information content (AvgIpc) is 3.41. The van der Waals surface area contributed by atoms with Crippen molar-refractivity contribution in [2.75, 3.05) is 28.2 Å². The van der Waals surface area contributed by atoms with E-state index in [2.05, 4.69) is 40.5 Å². The fourth-order valence-electron chi connectivity index (χ4n) is 4.49. The third kappa shape index (κ3) is 3.91. The second-order valence-corrected chi connectivity index (χ2v) is 8.11. The lowest BCUT2D eigenvalue weighted by atomic mass is 10.1. The molecule has 0 radical (unpaired) electrons. The number of para-hydroxylation sites is 2. The lowest BCUT2D eigenvalue weighted by molar-refractivity contribution is -0.117. The summed E-state index contributed by atoms with van der Waals surface area (Å²) in [5.41, 5.74) is 5.89. The average molecular weight is 412 g/mol. The van der Waals surface area contributed by atoms with Crippen molar-refractivity contribution in [3.63, 3.8) is 0 Å². The smallest absolute Gasteiger partial charge is 0.255 e. The molecule has 2 aliphatic rings. The number of amides is 2. The molecule has 1 N–H and O–H groups in total. The van der Waals surface area contributed by atoms with Crippen LogP contribution in [0.15, 0.2) is 72.8 Å². The first-order chi connectivity index (χ1) is 15.2. The van der Waals surface area contributed by atoms with E-state index in [-0.39, 0.29) is 11.8 Å². The molecule has 5 heteroatoms. The van der Waals surface area contributed by atoms with E-state index in [0.29, 0.717) is 18.5 Å². The van der Waals surface area contributed by atoms with Gasteiger partial charge in [-0.05, 0) is 54.3 Å². The topological polar surface area (TPSA) is 52.7 Å². The van der Waals surface area contributed by atoms with E-state index in [4.69, 9.17) is 0 Å². The van der Waals surface area contributed by atoms with Crippen molar-refractivity contribution in [2.45, 2.75) is 25.8 Å². The molecule has 5 rings (SSSR count). The molecule has 3 aromatic carbocycles. The van der Waals surface area contributed by atoms with Crippen molar-refractivity contribution in [3.05, 3.63) is 89.5 Å². The molecule has 0 saturated carbocycles. The number of hydrogen-bond donors (Lipinski definition) is 1. The fraction of sp³-hybridized carbons (Fsp3) is 0.231. The number of carbonyl (C=O) groups is 2. The summed E-state index contributed by atoms with van der Waals surface area (Å²) in [5.74, 6) is -0.0448. The molecule has 3 aromatic rings. The molecule has 0 unspecified atom stereocenters. The number of fused-ring (bicyclic) bond motifs is 1. The Balaban J connectivity index is 1.34. The molecule has 0 aliphatic carbocycles. The maximum Gasteiger partial charge on any atom is 0.255 e.